The van der Waals surface area contributed by atoms with Crippen molar-refractivity contribution < 1.29 is 5.11 Å². The van der Waals surface area contributed by atoms with Crippen molar-refractivity contribution in [1.82, 2.24) is 10.2 Å². The molecule has 1 aliphatic heterocycles. The Hall–Kier alpha value is -0.120. The molecule has 2 N–H and O–H groups in total. The Balaban J connectivity index is 1.83. The lowest BCUT2D eigenvalue weighted by Gasteiger charge is -2.39. The second-order valence-electron chi connectivity index (χ2n) is 6.90. The van der Waals surface area contributed by atoms with Crippen LogP contribution < -0.4 is 5.32 Å². The van der Waals surface area contributed by atoms with Crippen LogP contribution in [0.1, 0.15) is 40.0 Å². The molecular weight excluding hydrogens is 224 g/mol. The predicted octanol–water partition coefficient (Wildman–Crippen LogP) is 1.71. The van der Waals surface area contributed by atoms with Crippen molar-refractivity contribution in [3.8, 4) is 0 Å². The van der Waals surface area contributed by atoms with Gasteiger partial charge in [-0.1, -0.05) is 13.8 Å². The average Bonchev–Trinajstić information content (AvgIpc) is 3.10. The first-order valence-electron chi connectivity index (χ1n) is 7.68. The molecule has 0 amide bonds. The van der Waals surface area contributed by atoms with Crippen molar-refractivity contribution in [2.45, 2.75) is 52.2 Å². The Morgan fingerprint density at radius 2 is 1.94 bits per heavy atom. The molecule has 3 nitrogen and oxygen atoms in total. The molecule has 0 spiro atoms. The first kappa shape index (κ1) is 14.3. The van der Waals surface area contributed by atoms with Crippen LogP contribution in [-0.4, -0.2) is 48.3 Å². The third-order valence-electron chi connectivity index (χ3n) is 4.27. The second-order valence-corrected chi connectivity index (χ2v) is 6.90. The average molecular weight is 254 g/mol. The van der Waals surface area contributed by atoms with Crippen molar-refractivity contribution >= 4 is 0 Å². The molecule has 0 aromatic carbocycles. The minimum absolute atomic E-state index is 0.171. The number of aliphatic hydroxyl groups excluding tert-OH is 1. The minimum atomic E-state index is -0.171. The lowest BCUT2D eigenvalue weighted by molar-refractivity contribution is 0.0457. The van der Waals surface area contributed by atoms with Crippen LogP contribution in [0.5, 0.6) is 0 Å². The van der Waals surface area contributed by atoms with Crippen molar-refractivity contribution in [3.63, 3.8) is 0 Å². The van der Waals surface area contributed by atoms with Gasteiger partial charge in [0.15, 0.2) is 0 Å². The third kappa shape index (κ3) is 4.52. The molecule has 106 valence electrons. The molecule has 3 heteroatoms. The van der Waals surface area contributed by atoms with E-state index in [1.807, 2.05) is 6.92 Å². The van der Waals surface area contributed by atoms with Gasteiger partial charge in [-0.2, -0.15) is 0 Å². The number of nitrogens with zero attached hydrogens (tertiary/aromatic N) is 1. The van der Waals surface area contributed by atoms with Gasteiger partial charge in [0.2, 0.25) is 0 Å². The predicted molar refractivity (Wildman–Crippen MR) is 75.6 cm³/mol. The summed E-state index contributed by atoms with van der Waals surface area (Å²) in [7, 11) is 0. The summed E-state index contributed by atoms with van der Waals surface area (Å²) >= 11 is 0. The zero-order valence-electron chi connectivity index (χ0n) is 12.2. The SMILES string of the molecule is CC(C)CNC1CC(C(C)O)CN(CC2CC2)C1. The van der Waals surface area contributed by atoms with Gasteiger partial charge in [-0.15, -0.1) is 0 Å². The van der Waals surface area contributed by atoms with Gasteiger partial charge < -0.3 is 15.3 Å². The van der Waals surface area contributed by atoms with E-state index in [2.05, 4.69) is 24.1 Å². The Bertz CT molecular complexity index is 251. The van der Waals surface area contributed by atoms with Crippen molar-refractivity contribution in [1.29, 1.82) is 0 Å². The lowest BCUT2D eigenvalue weighted by atomic mass is 9.90. The quantitative estimate of drug-likeness (QED) is 0.757. The Kier molecular flexibility index (Phi) is 5.05. The van der Waals surface area contributed by atoms with Gasteiger partial charge in [0, 0.05) is 25.7 Å². The van der Waals surface area contributed by atoms with E-state index in [-0.39, 0.29) is 6.10 Å². The number of piperidine rings is 1. The number of likely N-dealkylation sites (tertiary alicyclic amines) is 1. The highest BCUT2D eigenvalue weighted by atomic mass is 16.3. The van der Waals surface area contributed by atoms with Crippen LogP contribution in [0.4, 0.5) is 0 Å². The highest BCUT2D eigenvalue weighted by Gasteiger charge is 2.32. The van der Waals surface area contributed by atoms with E-state index in [1.165, 1.54) is 25.9 Å². The number of rotatable bonds is 6. The summed E-state index contributed by atoms with van der Waals surface area (Å²) < 4.78 is 0. The second kappa shape index (κ2) is 6.36. The smallest absolute Gasteiger partial charge is 0.0553 e. The summed E-state index contributed by atoms with van der Waals surface area (Å²) in [6, 6.07) is 0.569. The zero-order chi connectivity index (χ0) is 13.1. The number of hydrogen-bond donors (Lipinski definition) is 2. The maximum Gasteiger partial charge on any atom is 0.0553 e. The van der Waals surface area contributed by atoms with Crippen molar-refractivity contribution in [2.75, 3.05) is 26.2 Å². The molecule has 0 aromatic heterocycles. The monoisotopic (exact) mass is 254 g/mol. The molecule has 18 heavy (non-hydrogen) atoms. The van der Waals surface area contributed by atoms with E-state index in [1.54, 1.807) is 0 Å². The fraction of sp³-hybridized carbons (Fsp3) is 1.00. The van der Waals surface area contributed by atoms with Gasteiger partial charge in [-0.3, -0.25) is 0 Å². The van der Waals surface area contributed by atoms with Crippen LogP contribution in [0, 0.1) is 17.8 Å². The lowest BCUT2D eigenvalue weighted by Crippen LogP contribution is -2.52. The first-order chi connectivity index (χ1) is 8.54. The Labute approximate surface area is 112 Å². The maximum atomic E-state index is 9.89. The molecular formula is C15H30N2O. The number of aliphatic hydroxyl groups is 1. The van der Waals surface area contributed by atoms with E-state index in [0.717, 1.165) is 25.4 Å². The Morgan fingerprint density at radius 1 is 1.22 bits per heavy atom. The van der Waals surface area contributed by atoms with E-state index in [9.17, 15) is 5.11 Å². The molecule has 3 unspecified atom stereocenters. The fourth-order valence-corrected chi connectivity index (χ4v) is 2.95. The molecule has 2 fully saturated rings. The summed E-state index contributed by atoms with van der Waals surface area (Å²) in [6.07, 6.45) is 3.79. The zero-order valence-corrected chi connectivity index (χ0v) is 12.2. The van der Waals surface area contributed by atoms with Gasteiger partial charge in [-0.05, 0) is 50.5 Å². The van der Waals surface area contributed by atoms with E-state index < -0.39 is 0 Å². The van der Waals surface area contributed by atoms with E-state index in [4.69, 9.17) is 0 Å². The Morgan fingerprint density at radius 3 is 2.50 bits per heavy atom. The normalized spacial score (nSPS) is 31.8. The van der Waals surface area contributed by atoms with E-state index in [0.29, 0.717) is 17.9 Å². The van der Waals surface area contributed by atoms with Crippen molar-refractivity contribution in [2.24, 2.45) is 17.8 Å². The summed E-state index contributed by atoms with van der Waals surface area (Å²) in [5.74, 6) is 2.10. The largest absolute Gasteiger partial charge is 0.393 e. The molecule has 1 saturated heterocycles. The molecule has 1 heterocycles. The highest BCUT2D eigenvalue weighted by molar-refractivity contribution is 4.88. The van der Waals surface area contributed by atoms with Gasteiger partial charge in [0.25, 0.3) is 0 Å². The molecule has 0 bridgehead atoms. The molecule has 0 radical (unpaired) electrons. The highest BCUT2D eigenvalue weighted by Crippen LogP contribution is 2.31. The third-order valence-corrected chi connectivity index (χ3v) is 4.27. The van der Waals surface area contributed by atoms with Gasteiger partial charge in [0.1, 0.15) is 0 Å². The van der Waals surface area contributed by atoms with Crippen LogP contribution >= 0.6 is 0 Å². The van der Waals surface area contributed by atoms with Gasteiger partial charge >= 0.3 is 0 Å². The summed E-state index contributed by atoms with van der Waals surface area (Å²) in [5.41, 5.74) is 0. The van der Waals surface area contributed by atoms with Crippen LogP contribution in [0.25, 0.3) is 0 Å². The summed E-state index contributed by atoms with van der Waals surface area (Å²) in [5, 5.41) is 13.6. The summed E-state index contributed by atoms with van der Waals surface area (Å²) in [6.45, 7) is 11.1. The standard InChI is InChI=1S/C15H30N2O/c1-11(2)7-16-15-6-14(12(3)18)9-17(10-15)8-13-4-5-13/h11-16,18H,4-10H2,1-3H3. The summed E-state index contributed by atoms with van der Waals surface area (Å²) in [4.78, 5) is 2.58. The molecule has 3 atom stereocenters. The fourth-order valence-electron chi connectivity index (χ4n) is 2.95. The van der Waals surface area contributed by atoms with Gasteiger partial charge in [-0.25, -0.2) is 0 Å². The van der Waals surface area contributed by atoms with Crippen LogP contribution in [0.2, 0.25) is 0 Å². The maximum absolute atomic E-state index is 9.89. The molecule has 0 aromatic rings. The molecule has 2 rings (SSSR count). The minimum Gasteiger partial charge on any atom is -0.393 e. The number of nitrogens with one attached hydrogen (secondary N) is 1. The molecule has 2 aliphatic rings. The number of hydrogen-bond acceptors (Lipinski definition) is 3. The molecule has 1 aliphatic carbocycles. The van der Waals surface area contributed by atoms with Crippen molar-refractivity contribution in [3.05, 3.63) is 0 Å². The van der Waals surface area contributed by atoms with Gasteiger partial charge in [0.05, 0.1) is 6.10 Å². The van der Waals surface area contributed by atoms with Crippen LogP contribution in [-0.2, 0) is 0 Å². The van der Waals surface area contributed by atoms with Crippen LogP contribution in [0.3, 0.4) is 0 Å². The van der Waals surface area contributed by atoms with E-state index >= 15 is 0 Å². The topological polar surface area (TPSA) is 35.5 Å². The first-order valence-corrected chi connectivity index (χ1v) is 7.68. The molecule has 1 saturated carbocycles. The van der Waals surface area contributed by atoms with Crippen LogP contribution in [0.15, 0.2) is 0 Å².